The fraction of sp³-hybridized carbons (Fsp3) is 0.600. The molecule has 1 saturated carbocycles. The number of hydrogen-bond acceptors (Lipinski definition) is 4. The number of ether oxygens (including phenoxy) is 1. The summed E-state index contributed by atoms with van der Waals surface area (Å²) in [6.07, 6.45) is 2.33. The second kappa shape index (κ2) is 4.04. The molecule has 4 heteroatoms. The quantitative estimate of drug-likeness (QED) is 0.575. The fourth-order valence-electron chi connectivity index (χ4n) is 3.87. The standard InChI is InChI=1S/C15H18O4/c1-8-10-3-5-15(7-16)6-4-11(17)9(2)12(15)13(10)19-14(8)18/h10,13,16H,1,3-7H2,2H3. The van der Waals surface area contributed by atoms with Crippen molar-refractivity contribution >= 4 is 11.8 Å². The van der Waals surface area contributed by atoms with E-state index in [0.29, 0.717) is 24.0 Å². The summed E-state index contributed by atoms with van der Waals surface area (Å²) in [5.74, 6) is -0.279. The van der Waals surface area contributed by atoms with E-state index in [9.17, 15) is 14.7 Å². The minimum atomic E-state index is -0.384. The normalized spacial score (nSPS) is 38.1. The number of carbonyl (C=O) groups excluding carboxylic acids is 2. The predicted octanol–water partition coefficient (Wildman–Crippen LogP) is 1.54. The highest BCUT2D eigenvalue weighted by Gasteiger charge is 2.54. The van der Waals surface area contributed by atoms with Crippen LogP contribution in [0.2, 0.25) is 0 Å². The van der Waals surface area contributed by atoms with Crippen molar-refractivity contribution in [1.29, 1.82) is 0 Å². The minimum absolute atomic E-state index is 0.0141. The van der Waals surface area contributed by atoms with Gasteiger partial charge in [0.15, 0.2) is 5.78 Å². The van der Waals surface area contributed by atoms with Crippen LogP contribution >= 0.6 is 0 Å². The summed E-state index contributed by atoms with van der Waals surface area (Å²) >= 11 is 0. The van der Waals surface area contributed by atoms with Crippen molar-refractivity contribution in [3.63, 3.8) is 0 Å². The maximum absolute atomic E-state index is 12.0. The molecule has 3 unspecified atom stereocenters. The van der Waals surface area contributed by atoms with E-state index in [1.54, 1.807) is 6.92 Å². The molecule has 3 rings (SSSR count). The molecule has 0 amide bonds. The molecule has 1 N–H and O–H groups in total. The highest BCUT2D eigenvalue weighted by molar-refractivity contribution is 5.98. The minimum Gasteiger partial charge on any atom is -0.454 e. The maximum atomic E-state index is 12.0. The van der Waals surface area contributed by atoms with Crippen LogP contribution in [0.15, 0.2) is 23.3 Å². The summed E-state index contributed by atoms with van der Waals surface area (Å²) in [5.41, 5.74) is 1.67. The Morgan fingerprint density at radius 3 is 2.84 bits per heavy atom. The molecule has 0 aromatic rings. The van der Waals surface area contributed by atoms with Crippen molar-refractivity contribution < 1.29 is 19.4 Å². The molecule has 102 valence electrons. The number of aliphatic hydroxyl groups excluding tert-OH is 1. The Morgan fingerprint density at radius 1 is 1.42 bits per heavy atom. The summed E-state index contributed by atoms with van der Waals surface area (Å²) in [4.78, 5) is 23.7. The number of hydrogen-bond donors (Lipinski definition) is 1. The van der Waals surface area contributed by atoms with Gasteiger partial charge in [-0.15, -0.1) is 0 Å². The molecule has 4 nitrogen and oxygen atoms in total. The van der Waals surface area contributed by atoms with Gasteiger partial charge in [-0.2, -0.15) is 0 Å². The van der Waals surface area contributed by atoms with Crippen molar-refractivity contribution in [2.75, 3.05) is 6.61 Å². The summed E-state index contributed by atoms with van der Waals surface area (Å²) < 4.78 is 5.43. The first kappa shape index (κ1) is 12.6. The van der Waals surface area contributed by atoms with Gasteiger partial charge in [0.2, 0.25) is 0 Å². The van der Waals surface area contributed by atoms with Gasteiger partial charge in [-0.1, -0.05) is 6.58 Å². The van der Waals surface area contributed by atoms with E-state index in [1.165, 1.54) is 0 Å². The zero-order chi connectivity index (χ0) is 13.8. The van der Waals surface area contributed by atoms with Crippen LogP contribution in [0.5, 0.6) is 0 Å². The predicted molar refractivity (Wildman–Crippen MR) is 68.2 cm³/mol. The van der Waals surface area contributed by atoms with Crippen LogP contribution in [0.3, 0.4) is 0 Å². The van der Waals surface area contributed by atoms with Crippen LogP contribution in [0.4, 0.5) is 0 Å². The lowest BCUT2D eigenvalue weighted by molar-refractivity contribution is -0.139. The number of ketones is 1. The highest BCUT2D eigenvalue weighted by Crippen LogP contribution is 2.54. The smallest absolute Gasteiger partial charge is 0.334 e. The van der Waals surface area contributed by atoms with Crippen molar-refractivity contribution in [3.8, 4) is 0 Å². The molecule has 2 fully saturated rings. The molecule has 0 aromatic carbocycles. The van der Waals surface area contributed by atoms with Gasteiger partial charge in [0, 0.05) is 23.3 Å². The monoisotopic (exact) mass is 262 g/mol. The van der Waals surface area contributed by atoms with Gasteiger partial charge < -0.3 is 9.84 Å². The molecule has 0 aromatic heterocycles. The number of esters is 1. The van der Waals surface area contributed by atoms with E-state index in [4.69, 9.17) is 4.74 Å². The third-order valence-corrected chi connectivity index (χ3v) is 5.05. The van der Waals surface area contributed by atoms with Crippen molar-refractivity contribution in [2.24, 2.45) is 11.3 Å². The van der Waals surface area contributed by atoms with Crippen LogP contribution in [0, 0.1) is 11.3 Å². The average molecular weight is 262 g/mol. The van der Waals surface area contributed by atoms with Gasteiger partial charge in [-0.25, -0.2) is 4.79 Å². The Labute approximate surface area is 112 Å². The zero-order valence-corrected chi connectivity index (χ0v) is 11.1. The fourth-order valence-corrected chi connectivity index (χ4v) is 3.87. The molecule has 3 atom stereocenters. The molecule has 1 aliphatic heterocycles. The van der Waals surface area contributed by atoms with Crippen LogP contribution < -0.4 is 0 Å². The summed E-state index contributed by atoms with van der Waals surface area (Å²) in [5, 5.41) is 9.82. The van der Waals surface area contributed by atoms with Gasteiger partial charge in [0.1, 0.15) is 6.10 Å². The Bertz CT molecular complexity index is 516. The Hall–Kier alpha value is -1.42. The van der Waals surface area contributed by atoms with Gasteiger partial charge in [-0.05, 0) is 37.3 Å². The third-order valence-electron chi connectivity index (χ3n) is 5.05. The Kier molecular flexibility index (Phi) is 2.68. The van der Waals surface area contributed by atoms with E-state index < -0.39 is 0 Å². The number of fused-ring (bicyclic) bond motifs is 3. The summed E-state index contributed by atoms with van der Waals surface area (Å²) in [6, 6.07) is 0. The van der Waals surface area contributed by atoms with E-state index >= 15 is 0 Å². The number of Topliss-reactive ketones (excluding diaryl/α,β-unsaturated/α-hetero) is 1. The first-order valence-electron chi connectivity index (χ1n) is 6.75. The Balaban J connectivity index is 2.12. The molecule has 0 radical (unpaired) electrons. The SMILES string of the molecule is C=C1C(=O)OC2C3=C(C)C(=O)CCC3(CO)CCC12. The van der Waals surface area contributed by atoms with Crippen molar-refractivity contribution in [2.45, 2.75) is 38.7 Å². The largest absolute Gasteiger partial charge is 0.454 e. The van der Waals surface area contributed by atoms with E-state index in [0.717, 1.165) is 18.4 Å². The van der Waals surface area contributed by atoms with Crippen molar-refractivity contribution in [3.05, 3.63) is 23.3 Å². The highest BCUT2D eigenvalue weighted by atomic mass is 16.6. The summed E-state index contributed by atoms with van der Waals surface area (Å²) in [6.45, 7) is 5.61. The number of carbonyl (C=O) groups is 2. The maximum Gasteiger partial charge on any atom is 0.334 e. The number of allylic oxidation sites excluding steroid dienone is 1. The first-order chi connectivity index (χ1) is 9.00. The number of aliphatic hydroxyl groups is 1. The molecule has 1 saturated heterocycles. The average Bonchev–Trinajstić information content (AvgIpc) is 2.69. The molecule has 19 heavy (non-hydrogen) atoms. The topological polar surface area (TPSA) is 63.6 Å². The van der Waals surface area contributed by atoms with Crippen LogP contribution in [-0.4, -0.2) is 29.6 Å². The van der Waals surface area contributed by atoms with E-state index in [-0.39, 0.29) is 35.8 Å². The lowest BCUT2D eigenvalue weighted by Gasteiger charge is -2.46. The van der Waals surface area contributed by atoms with Crippen molar-refractivity contribution in [1.82, 2.24) is 0 Å². The molecule has 0 spiro atoms. The molecule has 2 aliphatic carbocycles. The Morgan fingerprint density at radius 2 is 2.16 bits per heavy atom. The second-order valence-corrected chi connectivity index (χ2v) is 5.90. The summed E-state index contributed by atoms with van der Waals surface area (Å²) in [7, 11) is 0. The zero-order valence-electron chi connectivity index (χ0n) is 11.1. The molecule has 1 heterocycles. The van der Waals surface area contributed by atoms with Gasteiger partial charge in [0.05, 0.1) is 6.61 Å². The van der Waals surface area contributed by atoms with Crippen LogP contribution in [0.25, 0.3) is 0 Å². The van der Waals surface area contributed by atoms with Crippen LogP contribution in [0.1, 0.15) is 32.6 Å². The lowest BCUT2D eigenvalue weighted by Crippen LogP contribution is -2.45. The number of rotatable bonds is 1. The molecular formula is C15H18O4. The molecular weight excluding hydrogens is 244 g/mol. The van der Waals surface area contributed by atoms with Crippen LogP contribution in [-0.2, 0) is 14.3 Å². The first-order valence-corrected chi connectivity index (χ1v) is 6.75. The van der Waals surface area contributed by atoms with Gasteiger partial charge in [0.25, 0.3) is 0 Å². The van der Waals surface area contributed by atoms with E-state index in [2.05, 4.69) is 6.58 Å². The third kappa shape index (κ3) is 1.56. The molecule has 3 aliphatic rings. The van der Waals surface area contributed by atoms with Gasteiger partial charge >= 0.3 is 5.97 Å². The van der Waals surface area contributed by atoms with E-state index in [1.807, 2.05) is 0 Å². The molecule has 0 bridgehead atoms. The lowest BCUT2D eigenvalue weighted by atomic mass is 9.59. The second-order valence-electron chi connectivity index (χ2n) is 5.90. The van der Waals surface area contributed by atoms with Gasteiger partial charge in [-0.3, -0.25) is 4.79 Å².